The molecule has 2 unspecified atom stereocenters. The molecule has 3 rings (SSSR count). The highest BCUT2D eigenvalue weighted by molar-refractivity contribution is 7.99. The monoisotopic (exact) mass is 484 g/mol. The van der Waals surface area contributed by atoms with Gasteiger partial charge in [0.15, 0.2) is 5.60 Å². The number of alkyl halides is 3. The number of nitrogens with zero attached hydrogens (tertiary/aromatic N) is 1. The van der Waals surface area contributed by atoms with Gasteiger partial charge in [0.2, 0.25) is 0 Å². The number of aliphatic hydroxyl groups is 1. The van der Waals surface area contributed by atoms with Gasteiger partial charge in [0.25, 0.3) is 0 Å². The van der Waals surface area contributed by atoms with Crippen LogP contribution in [-0.4, -0.2) is 40.5 Å². The van der Waals surface area contributed by atoms with Crippen molar-refractivity contribution >= 4 is 40.0 Å². The molecule has 0 amide bonds. The number of nitrogens with one attached hydrogen (secondary N) is 1. The average molecular weight is 485 g/mol. The summed E-state index contributed by atoms with van der Waals surface area (Å²) in [5.41, 5.74) is -1.10. The van der Waals surface area contributed by atoms with E-state index >= 15 is 0 Å². The Kier molecular flexibility index (Phi) is 7.47. The van der Waals surface area contributed by atoms with Gasteiger partial charge in [-0.3, -0.25) is 4.98 Å². The lowest BCUT2D eigenvalue weighted by atomic mass is 9.88. The van der Waals surface area contributed by atoms with Crippen LogP contribution in [0.15, 0.2) is 48.5 Å². The van der Waals surface area contributed by atoms with Crippen LogP contribution < -0.4 is 10.1 Å². The third-order valence-corrected chi connectivity index (χ3v) is 6.46. The number of ether oxygens (including phenoxy) is 1. The molecule has 1 heterocycles. The molecule has 9 heteroatoms. The first-order valence-electron chi connectivity index (χ1n) is 9.94. The standard InChI is InChI=1S/C23H24ClF3N2O2S/c1-4-32-13-22(30,23(25,26)27)21(17-11-9-15(24)12-20(17)31-3)29-19-7-5-6-18-16(19)10-8-14(2)28-18/h5-12,21,29-30H,4,13H2,1-3H3. The number of fused-ring (bicyclic) bond motifs is 1. The molecule has 0 aliphatic carbocycles. The summed E-state index contributed by atoms with van der Waals surface area (Å²) in [6, 6.07) is 11.5. The van der Waals surface area contributed by atoms with Crippen molar-refractivity contribution in [1.29, 1.82) is 0 Å². The minimum Gasteiger partial charge on any atom is -0.496 e. The molecule has 4 nitrogen and oxygen atoms in total. The number of methoxy groups -OCH3 is 1. The number of rotatable bonds is 8. The highest BCUT2D eigenvalue weighted by Crippen LogP contribution is 2.47. The van der Waals surface area contributed by atoms with Gasteiger partial charge in [-0.15, -0.1) is 0 Å². The molecule has 0 saturated heterocycles. The lowest BCUT2D eigenvalue weighted by Gasteiger charge is -2.39. The summed E-state index contributed by atoms with van der Waals surface area (Å²) in [4.78, 5) is 4.45. The predicted molar refractivity (Wildman–Crippen MR) is 125 cm³/mol. The van der Waals surface area contributed by atoms with Gasteiger partial charge >= 0.3 is 6.18 Å². The molecule has 32 heavy (non-hydrogen) atoms. The fourth-order valence-electron chi connectivity index (χ4n) is 3.50. The third kappa shape index (κ3) is 4.92. The summed E-state index contributed by atoms with van der Waals surface area (Å²) >= 11 is 7.05. The Balaban J connectivity index is 2.22. The van der Waals surface area contributed by atoms with Crippen LogP contribution in [0.25, 0.3) is 10.9 Å². The Morgan fingerprint density at radius 2 is 1.94 bits per heavy atom. The van der Waals surface area contributed by atoms with Crippen LogP contribution in [0.3, 0.4) is 0 Å². The zero-order chi connectivity index (χ0) is 23.5. The molecule has 0 aliphatic heterocycles. The van der Waals surface area contributed by atoms with Crippen LogP contribution in [0.4, 0.5) is 18.9 Å². The van der Waals surface area contributed by atoms with E-state index < -0.39 is 23.6 Å². The van der Waals surface area contributed by atoms with Gasteiger partial charge in [0.1, 0.15) is 5.75 Å². The Bertz CT molecular complexity index is 1100. The lowest BCUT2D eigenvalue weighted by Crippen LogP contribution is -2.54. The van der Waals surface area contributed by atoms with E-state index in [1.54, 1.807) is 37.3 Å². The number of benzene rings is 2. The molecule has 2 atom stereocenters. The number of aromatic nitrogens is 1. The first kappa shape index (κ1) is 24.5. The lowest BCUT2D eigenvalue weighted by molar-refractivity contribution is -0.256. The number of thioether (sulfide) groups is 1. The van der Waals surface area contributed by atoms with E-state index in [0.29, 0.717) is 27.4 Å². The number of halogens is 4. The Morgan fingerprint density at radius 3 is 2.59 bits per heavy atom. The van der Waals surface area contributed by atoms with Crippen molar-refractivity contribution in [3.05, 3.63) is 64.8 Å². The summed E-state index contributed by atoms with van der Waals surface area (Å²) < 4.78 is 48.4. The van der Waals surface area contributed by atoms with E-state index in [2.05, 4.69) is 10.3 Å². The van der Waals surface area contributed by atoms with E-state index in [-0.39, 0.29) is 11.3 Å². The molecular formula is C23H24ClF3N2O2S. The van der Waals surface area contributed by atoms with Crippen LogP contribution in [0.2, 0.25) is 5.02 Å². The van der Waals surface area contributed by atoms with E-state index in [1.165, 1.54) is 25.3 Å². The quantitative estimate of drug-likeness (QED) is 0.387. The van der Waals surface area contributed by atoms with E-state index in [1.807, 2.05) is 6.92 Å². The van der Waals surface area contributed by atoms with Crippen molar-refractivity contribution in [2.75, 3.05) is 23.9 Å². The summed E-state index contributed by atoms with van der Waals surface area (Å²) in [6.45, 7) is 3.58. The topological polar surface area (TPSA) is 54.4 Å². The van der Waals surface area contributed by atoms with Crippen LogP contribution in [-0.2, 0) is 0 Å². The van der Waals surface area contributed by atoms with Crippen molar-refractivity contribution < 1.29 is 23.0 Å². The van der Waals surface area contributed by atoms with Gasteiger partial charge < -0.3 is 15.2 Å². The first-order valence-corrected chi connectivity index (χ1v) is 11.5. The number of aryl methyl sites for hydroxylation is 1. The largest absolute Gasteiger partial charge is 0.496 e. The normalized spacial score (nSPS) is 14.8. The van der Waals surface area contributed by atoms with E-state index in [0.717, 1.165) is 17.5 Å². The zero-order valence-corrected chi connectivity index (χ0v) is 19.4. The molecule has 2 aromatic carbocycles. The molecule has 0 saturated carbocycles. The fourth-order valence-corrected chi connectivity index (χ4v) is 4.51. The van der Waals surface area contributed by atoms with Gasteiger partial charge in [-0.1, -0.05) is 30.7 Å². The molecule has 0 spiro atoms. The van der Waals surface area contributed by atoms with Crippen molar-refractivity contribution in [2.24, 2.45) is 0 Å². The first-order chi connectivity index (χ1) is 15.1. The van der Waals surface area contributed by atoms with Crippen molar-refractivity contribution in [2.45, 2.75) is 31.7 Å². The van der Waals surface area contributed by atoms with Gasteiger partial charge in [0, 0.05) is 33.1 Å². The number of hydrogen-bond donors (Lipinski definition) is 2. The zero-order valence-electron chi connectivity index (χ0n) is 17.8. The Hall–Kier alpha value is -2.16. The van der Waals surface area contributed by atoms with Crippen LogP contribution in [0.1, 0.15) is 24.2 Å². The van der Waals surface area contributed by atoms with E-state index in [4.69, 9.17) is 16.3 Å². The second-order valence-corrected chi connectivity index (χ2v) is 9.06. The Morgan fingerprint density at radius 1 is 1.19 bits per heavy atom. The predicted octanol–water partition coefficient (Wildman–Crippen LogP) is 6.40. The minimum atomic E-state index is -4.92. The van der Waals surface area contributed by atoms with Crippen molar-refractivity contribution in [3.63, 3.8) is 0 Å². The van der Waals surface area contributed by atoms with Crippen LogP contribution in [0, 0.1) is 6.92 Å². The maximum Gasteiger partial charge on any atom is 0.420 e. The molecule has 3 aromatic rings. The maximum absolute atomic E-state index is 14.4. The highest BCUT2D eigenvalue weighted by atomic mass is 35.5. The molecular weight excluding hydrogens is 461 g/mol. The molecule has 0 radical (unpaired) electrons. The fraction of sp³-hybridized carbons (Fsp3) is 0.348. The summed E-state index contributed by atoms with van der Waals surface area (Å²) in [5, 5.41) is 15.1. The molecule has 0 fully saturated rings. The van der Waals surface area contributed by atoms with Gasteiger partial charge in [-0.2, -0.15) is 24.9 Å². The number of hydrogen-bond acceptors (Lipinski definition) is 5. The molecule has 0 aliphatic rings. The van der Waals surface area contributed by atoms with Crippen LogP contribution in [0.5, 0.6) is 5.75 Å². The molecule has 2 N–H and O–H groups in total. The maximum atomic E-state index is 14.4. The summed E-state index contributed by atoms with van der Waals surface area (Å²) in [6.07, 6.45) is -4.92. The van der Waals surface area contributed by atoms with Crippen molar-refractivity contribution in [3.8, 4) is 5.75 Å². The van der Waals surface area contributed by atoms with Crippen molar-refractivity contribution in [1.82, 2.24) is 4.98 Å². The smallest absolute Gasteiger partial charge is 0.420 e. The van der Waals surface area contributed by atoms with E-state index in [9.17, 15) is 18.3 Å². The number of pyridine rings is 1. The highest BCUT2D eigenvalue weighted by Gasteiger charge is 2.59. The summed E-state index contributed by atoms with van der Waals surface area (Å²) in [7, 11) is 1.35. The Labute approximate surface area is 194 Å². The second-order valence-electron chi connectivity index (χ2n) is 7.35. The summed E-state index contributed by atoms with van der Waals surface area (Å²) in [5.74, 6) is 0.00667. The van der Waals surface area contributed by atoms with Gasteiger partial charge in [-0.05, 0) is 49.1 Å². The SMILES string of the molecule is CCSCC(O)(C(Nc1cccc2nc(C)ccc12)c1ccc(Cl)cc1OC)C(F)(F)F. The molecule has 1 aromatic heterocycles. The van der Waals surface area contributed by atoms with Gasteiger partial charge in [-0.25, -0.2) is 0 Å². The molecule has 0 bridgehead atoms. The average Bonchev–Trinajstić information content (AvgIpc) is 2.75. The number of anilines is 1. The third-order valence-electron chi connectivity index (χ3n) is 5.17. The second kappa shape index (κ2) is 9.77. The molecule has 172 valence electrons. The van der Waals surface area contributed by atoms with Crippen LogP contribution >= 0.6 is 23.4 Å². The van der Waals surface area contributed by atoms with Gasteiger partial charge in [0.05, 0.1) is 18.7 Å². The minimum absolute atomic E-state index is 0.144.